The Morgan fingerprint density at radius 1 is 1.27 bits per heavy atom. The number of nitriles is 1. The number of aliphatic imine (C=N–C) groups is 1. The number of nitrogens with one attached hydrogen (secondary N) is 1. The molecule has 2 unspecified atom stereocenters. The quantitative estimate of drug-likeness (QED) is 0.302. The van der Waals surface area contributed by atoms with Crippen LogP contribution in [0, 0.1) is 17.1 Å². The number of thioether (sulfide) groups is 1. The van der Waals surface area contributed by atoms with Gasteiger partial charge in [-0.25, -0.2) is 9.38 Å². The van der Waals surface area contributed by atoms with E-state index in [-0.39, 0.29) is 11.9 Å². The zero-order valence-corrected chi connectivity index (χ0v) is 26.4. The Hall–Kier alpha value is -2.89. The number of guanidine groups is 1. The zero-order valence-electron chi connectivity index (χ0n) is 24.4. The average molecular weight is 598 g/mol. The van der Waals surface area contributed by atoms with Gasteiger partial charge in [-0.15, -0.1) is 27.6 Å². The summed E-state index contributed by atoms with van der Waals surface area (Å²) in [7, 11) is 3.82. The second-order valence-corrected chi connectivity index (χ2v) is 11.0. The van der Waals surface area contributed by atoms with Crippen molar-refractivity contribution < 1.29 is 14.2 Å². The summed E-state index contributed by atoms with van der Waals surface area (Å²) >= 11 is 1.54. The van der Waals surface area contributed by atoms with Gasteiger partial charge in [-0.05, 0) is 53.4 Å². The molecule has 0 aromatic heterocycles. The van der Waals surface area contributed by atoms with E-state index in [4.69, 9.17) is 20.6 Å². The molecule has 6 rings (SSSR count). The molecule has 0 bridgehead atoms. The van der Waals surface area contributed by atoms with Crippen LogP contribution in [0.2, 0.25) is 0 Å². The van der Waals surface area contributed by atoms with Gasteiger partial charge in [0.1, 0.15) is 17.9 Å². The van der Waals surface area contributed by atoms with Crippen molar-refractivity contribution in [3.8, 4) is 6.07 Å². The van der Waals surface area contributed by atoms with Crippen LogP contribution in [0.15, 0.2) is 68.6 Å². The molecular formula is C31H41FN5O2PS. The van der Waals surface area contributed by atoms with Crippen LogP contribution >= 0.6 is 21.0 Å². The summed E-state index contributed by atoms with van der Waals surface area (Å²) in [6, 6.07) is 5.22. The van der Waals surface area contributed by atoms with Gasteiger partial charge in [-0.2, -0.15) is 5.26 Å². The normalized spacial score (nSPS) is 20.3. The number of ether oxygens (including phenoxy) is 1. The van der Waals surface area contributed by atoms with Crippen LogP contribution in [-0.2, 0) is 4.74 Å². The Balaban J connectivity index is 0.000000525. The molecule has 0 radical (unpaired) electrons. The number of allylic oxidation sites excluding steroid dienone is 2. The third-order valence-corrected chi connectivity index (χ3v) is 8.83. The molecule has 4 N–H and O–H groups in total. The first-order valence-corrected chi connectivity index (χ1v) is 15.6. The van der Waals surface area contributed by atoms with E-state index in [0.29, 0.717) is 41.4 Å². The Morgan fingerprint density at radius 2 is 1.93 bits per heavy atom. The maximum Gasteiger partial charge on any atom is 0.198 e. The summed E-state index contributed by atoms with van der Waals surface area (Å²) in [5.74, 6) is 1.02. The predicted octanol–water partition coefficient (Wildman–Crippen LogP) is 5.58. The summed E-state index contributed by atoms with van der Waals surface area (Å²) in [4.78, 5) is 8.20. The fraction of sp³-hybridized carbons (Fsp3) is 0.419. The van der Waals surface area contributed by atoms with Crippen molar-refractivity contribution in [3.63, 3.8) is 0 Å². The van der Waals surface area contributed by atoms with Gasteiger partial charge in [0.25, 0.3) is 0 Å². The zero-order chi connectivity index (χ0) is 30.1. The van der Waals surface area contributed by atoms with E-state index in [1.165, 1.54) is 17.8 Å². The summed E-state index contributed by atoms with van der Waals surface area (Å²) < 4.78 is 21.5. The molecule has 1 aromatic rings. The van der Waals surface area contributed by atoms with Gasteiger partial charge in [-0.1, -0.05) is 26.8 Å². The lowest BCUT2D eigenvalue weighted by atomic mass is 9.80. The highest BCUT2D eigenvalue weighted by molar-refractivity contribution is 7.99. The van der Waals surface area contributed by atoms with Crippen LogP contribution in [0.3, 0.4) is 0 Å². The summed E-state index contributed by atoms with van der Waals surface area (Å²) in [6.07, 6.45) is 7.30. The second kappa shape index (κ2) is 15.4. The molecule has 1 aromatic carbocycles. The first-order chi connectivity index (χ1) is 20.0. The SMILES string of the molecule is C=CCC.CC.CO.N#CC1=C(N)CSc2ccc(F)c(C3=C(P)C4N=C(N5CCCC5)NC=C4C4=C3COC4)c21. The van der Waals surface area contributed by atoms with E-state index in [1.807, 2.05) is 26.1 Å². The van der Waals surface area contributed by atoms with Gasteiger partial charge in [-0.3, -0.25) is 0 Å². The standard InChI is InChI=1S/C24H23FN5OPS.C4H8.C2H6.CH4O/c25-16-3-4-18-19(12(7-26)17(27)11-33-18)21(16)20-15-10-31-9-14(15)13-8-28-24(29-22(13)23(20)32)30-5-1-2-6-30;1-3-4-2;2*1-2/h3-4,8,22H,1-2,5-6,9-11,27,32H2,(H,28,29);3H,1,4H2,2H3;1-2H3;2H,1H3. The fourth-order valence-electron chi connectivity index (χ4n) is 5.24. The monoisotopic (exact) mass is 597 g/mol. The molecule has 2 atom stereocenters. The number of halogens is 1. The number of aliphatic hydroxyl groups is 1. The van der Waals surface area contributed by atoms with Crippen LogP contribution in [0.4, 0.5) is 4.39 Å². The number of likely N-dealkylation sites (tertiary alicyclic amines) is 1. The molecule has 1 fully saturated rings. The number of aliphatic hydroxyl groups excluding tert-OH is 1. The highest BCUT2D eigenvalue weighted by atomic mass is 32.2. The second-order valence-electron chi connectivity index (χ2n) is 9.37. The Kier molecular flexibility index (Phi) is 12.2. The molecule has 41 heavy (non-hydrogen) atoms. The van der Waals surface area contributed by atoms with Crippen LogP contribution in [-0.4, -0.2) is 61.2 Å². The summed E-state index contributed by atoms with van der Waals surface area (Å²) in [5.41, 5.74) is 11.9. The molecule has 5 aliphatic rings. The van der Waals surface area contributed by atoms with Crippen molar-refractivity contribution in [2.45, 2.75) is 51.0 Å². The Morgan fingerprint density at radius 3 is 2.56 bits per heavy atom. The lowest BCUT2D eigenvalue weighted by Gasteiger charge is -2.34. The molecule has 1 saturated heterocycles. The molecule has 7 nitrogen and oxygen atoms in total. The number of hydrogen-bond acceptors (Lipinski definition) is 8. The van der Waals surface area contributed by atoms with E-state index >= 15 is 4.39 Å². The van der Waals surface area contributed by atoms with Gasteiger partial charge < -0.3 is 25.8 Å². The highest BCUT2D eigenvalue weighted by Gasteiger charge is 2.39. The smallest absolute Gasteiger partial charge is 0.198 e. The van der Waals surface area contributed by atoms with Gasteiger partial charge in [0.15, 0.2) is 5.96 Å². The maximum atomic E-state index is 15.6. The Labute approximate surface area is 250 Å². The molecule has 220 valence electrons. The number of benzene rings is 1. The van der Waals surface area contributed by atoms with E-state index in [2.05, 4.69) is 39.0 Å². The third kappa shape index (κ3) is 6.47. The van der Waals surface area contributed by atoms with E-state index in [9.17, 15) is 5.26 Å². The van der Waals surface area contributed by atoms with Gasteiger partial charge in [0.2, 0.25) is 0 Å². The average Bonchev–Trinajstić information content (AvgIpc) is 3.74. The summed E-state index contributed by atoms with van der Waals surface area (Å²) in [6.45, 7) is 12.4. The number of hydrogen-bond donors (Lipinski definition) is 3. The molecule has 0 saturated carbocycles. The molecule has 0 amide bonds. The van der Waals surface area contributed by atoms with E-state index in [0.717, 1.165) is 77.9 Å². The van der Waals surface area contributed by atoms with Gasteiger partial charge in [0, 0.05) is 59.4 Å². The lowest BCUT2D eigenvalue weighted by Crippen LogP contribution is -2.42. The van der Waals surface area contributed by atoms with Crippen LogP contribution < -0.4 is 11.1 Å². The van der Waals surface area contributed by atoms with Gasteiger partial charge >= 0.3 is 0 Å². The van der Waals surface area contributed by atoms with Crippen molar-refractivity contribution in [2.75, 3.05) is 39.2 Å². The largest absolute Gasteiger partial charge is 0.400 e. The number of rotatable bonds is 2. The fourth-order valence-corrected chi connectivity index (χ4v) is 6.79. The molecule has 1 aliphatic carbocycles. The molecular weight excluding hydrogens is 556 g/mol. The minimum atomic E-state index is -0.365. The molecule has 0 spiro atoms. The van der Waals surface area contributed by atoms with Crippen molar-refractivity contribution >= 4 is 38.1 Å². The number of fused-ring (bicyclic) bond motifs is 3. The van der Waals surface area contributed by atoms with E-state index < -0.39 is 0 Å². The first kappa shape index (κ1) is 32.6. The third-order valence-electron chi connectivity index (χ3n) is 7.12. The van der Waals surface area contributed by atoms with Crippen molar-refractivity contribution in [2.24, 2.45) is 10.7 Å². The topological polar surface area (TPSA) is 107 Å². The van der Waals surface area contributed by atoms with Crippen molar-refractivity contribution in [1.29, 1.82) is 5.26 Å². The van der Waals surface area contributed by atoms with Crippen molar-refractivity contribution in [3.05, 3.63) is 75.7 Å². The minimum Gasteiger partial charge on any atom is -0.400 e. The Bertz CT molecular complexity index is 1350. The summed E-state index contributed by atoms with van der Waals surface area (Å²) in [5, 5.41) is 21.2. The van der Waals surface area contributed by atoms with E-state index in [1.54, 1.807) is 6.07 Å². The maximum absolute atomic E-state index is 15.6. The van der Waals surface area contributed by atoms with Gasteiger partial charge in [0.05, 0.1) is 18.8 Å². The van der Waals surface area contributed by atoms with Crippen molar-refractivity contribution in [1.82, 2.24) is 10.2 Å². The molecule has 4 heterocycles. The molecule has 4 aliphatic heterocycles. The number of nitrogens with two attached hydrogens (primary N) is 1. The number of nitrogens with zero attached hydrogens (tertiary/aromatic N) is 3. The van der Waals surface area contributed by atoms with Crippen LogP contribution in [0.5, 0.6) is 0 Å². The lowest BCUT2D eigenvalue weighted by molar-refractivity contribution is 0.207. The molecule has 10 heteroatoms. The highest BCUT2D eigenvalue weighted by Crippen LogP contribution is 2.50. The predicted molar refractivity (Wildman–Crippen MR) is 172 cm³/mol. The van der Waals surface area contributed by atoms with Crippen LogP contribution in [0.1, 0.15) is 51.2 Å². The first-order valence-electron chi connectivity index (χ1n) is 14.0. The minimum absolute atomic E-state index is 0.249. The van der Waals surface area contributed by atoms with Crippen LogP contribution in [0.25, 0.3) is 11.1 Å².